The van der Waals surface area contributed by atoms with Gasteiger partial charge in [-0.15, -0.1) is 0 Å². The minimum atomic E-state index is -0.173. The van der Waals surface area contributed by atoms with Crippen LogP contribution in [0.2, 0.25) is 5.02 Å². The molecule has 0 spiro atoms. The van der Waals surface area contributed by atoms with Crippen molar-refractivity contribution in [3.8, 4) is 23.0 Å². The number of hydrogen-bond acceptors (Lipinski definition) is 5. The van der Waals surface area contributed by atoms with Crippen molar-refractivity contribution < 1.29 is 23.7 Å². The van der Waals surface area contributed by atoms with Gasteiger partial charge >= 0.3 is 0 Å². The Balaban J connectivity index is 1.76. The Hall–Kier alpha value is -2.60. The largest absolute Gasteiger partial charge is 0.493 e. The first kappa shape index (κ1) is 18.2. The maximum absolute atomic E-state index is 12.5. The van der Waals surface area contributed by atoms with Gasteiger partial charge in [0.15, 0.2) is 23.0 Å². The zero-order valence-corrected chi connectivity index (χ0v) is 15.6. The molecule has 0 saturated heterocycles. The van der Waals surface area contributed by atoms with Crippen LogP contribution in [0.4, 0.5) is 5.69 Å². The number of benzene rings is 2. The third-order valence-electron chi connectivity index (χ3n) is 4.03. The molecule has 138 valence electrons. The molecule has 0 radical (unpaired) electrons. The zero-order chi connectivity index (χ0) is 18.7. The number of anilines is 1. The summed E-state index contributed by atoms with van der Waals surface area (Å²) in [5, 5.41) is 3.33. The number of carbonyl (C=O) groups excluding carboxylic acids is 1. The minimum Gasteiger partial charge on any atom is -0.493 e. The van der Waals surface area contributed by atoms with Crippen LogP contribution in [-0.4, -0.2) is 33.3 Å². The number of halogens is 1. The Labute approximate surface area is 157 Å². The van der Waals surface area contributed by atoms with Crippen molar-refractivity contribution in [2.24, 2.45) is 0 Å². The van der Waals surface area contributed by atoms with Gasteiger partial charge in [0.1, 0.15) is 13.2 Å². The zero-order valence-electron chi connectivity index (χ0n) is 14.8. The smallest absolute Gasteiger partial charge is 0.228 e. The SMILES string of the molecule is COc1cc(C)c(NC(=O)Cc2cc(Cl)c3c(c2)OCCO3)cc1OC. The highest BCUT2D eigenvalue weighted by Crippen LogP contribution is 2.38. The fourth-order valence-electron chi connectivity index (χ4n) is 2.76. The molecule has 7 heteroatoms. The Morgan fingerprint density at radius 2 is 1.81 bits per heavy atom. The normalized spacial score (nSPS) is 12.5. The van der Waals surface area contributed by atoms with Crippen molar-refractivity contribution in [1.29, 1.82) is 0 Å². The van der Waals surface area contributed by atoms with Crippen LogP contribution in [0.3, 0.4) is 0 Å². The van der Waals surface area contributed by atoms with Crippen LogP contribution in [0.25, 0.3) is 0 Å². The molecule has 0 atom stereocenters. The molecule has 0 bridgehead atoms. The summed E-state index contributed by atoms with van der Waals surface area (Å²) in [6, 6.07) is 7.05. The van der Waals surface area contributed by atoms with E-state index in [1.807, 2.05) is 13.0 Å². The van der Waals surface area contributed by atoms with E-state index in [0.717, 1.165) is 11.1 Å². The molecule has 0 unspecified atom stereocenters. The lowest BCUT2D eigenvalue weighted by Gasteiger charge is -2.20. The highest BCUT2D eigenvalue weighted by Gasteiger charge is 2.18. The minimum absolute atomic E-state index is 0.157. The first-order valence-electron chi connectivity index (χ1n) is 8.12. The Morgan fingerprint density at radius 3 is 2.54 bits per heavy atom. The first-order chi connectivity index (χ1) is 12.5. The third kappa shape index (κ3) is 3.80. The molecular formula is C19H20ClNO5. The van der Waals surface area contributed by atoms with Crippen LogP contribution in [0.15, 0.2) is 24.3 Å². The van der Waals surface area contributed by atoms with Crippen molar-refractivity contribution in [2.45, 2.75) is 13.3 Å². The Kier molecular flexibility index (Phi) is 5.42. The number of amides is 1. The Morgan fingerprint density at radius 1 is 1.12 bits per heavy atom. The summed E-state index contributed by atoms with van der Waals surface area (Å²) >= 11 is 6.22. The lowest BCUT2D eigenvalue weighted by molar-refractivity contribution is -0.115. The number of ether oxygens (including phenoxy) is 4. The summed E-state index contributed by atoms with van der Waals surface area (Å²) < 4.78 is 21.6. The van der Waals surface area contributed by atoms with Crippen LogP contribution in [0.1, 0.15) is 11.1 Å². The van der Waals surface area contributed by atoms with Crippen molar-refractivity contribution >= 4 is 23.2 Å². The average molecular weight is 378 g/mol. The molecule has 1 aliphatic heterocycles. The summed E-state index contributed by atoms with van der Waals surface area (Å²) in [4.78, 5) is 12.5. The van der Waals surface area contributed by atoms with Gasteiger partial charge in [-0.2, -0.15) is 0 Å². The monoisotopic (exact) mass is 377 g/mol. The summed E-state index contributed by atoms with van der Waals surface area (Å²) in [5.41, 5.74) is 2.28. The van der Waals surface area contributed by atoms with Gasteiger partial charge in [-0.3, -0.25) is 4.79 Å². The van der Waals surface area contributed by atoms with Gasteiger partial charge in [0.2, 0.25) is 5.91 Å². The predicted octanol–water partition coefficient (Wildman–Crippen LogP) is 3.62. The number of aryl methyl sites for hydroxylation is 1. The fourth-order valence-corrected chi connectivity index (χ4v) is 3.05. The molecule has 2 aromatic carbocycles. The molecule has 2 aromatic rings. The van der Waals surface area contributed by atoms with E-state index in [4.69, 9.17) is 30.5 Å². The quantitative estimate of drug-likeness (QED) is 0.862. The maximum atomic E-state index is 12.5. The standard InChI is InChI=1S/C19H20ClNO5/c1-11-6-15(23-2)16(24-3)10-14(11)21-18(22)9-12-7-13(20)19-17(8-12)25-4-5-26-19/h6-8,10H,4-5,9H2,1-3H3,(H,21,22). The Bertz CT molecular complexity index is 837. The molecule has 1 amide bonds. The molecule has 6 nitrogen and oxygen atoms in total. The molecule has 0 aromatic heterocycles. The average Bonchev–Trinajstić information content (AvgIpc) is 2.63. The van der Waals surface area contributed by atoms with Gasteiger partial charge in [-0.25, -0.2) is 0 Å². The van der Waals surface area contributed by atoms with Crippen LogP contribution in [0.5, 0.6) is 23.0 Å². The van der Waals surface area contributed by atoms with Gasteiger partial charge in [-0.1, -0.05) is 11.6 Å². The molecular weight excluding hydrogens is 358 g/mol. The molecule has 1 heterocycles. The van der Waals surface area contributed by atoms with Crippen molar-refractivity contribution in [3.05, 3.63) is 40.4 Å². The van der Waals surface area contributed by atoms with E-state index in [1.54, 1.807) is 32.4 Å². The fraction of sp³-hybridized carbons (Fsp3) is 0.316. The molecule has 26 heavy (non-hydrogen) atoms. The second-order valence-corrected chi connectivity index (χ2v) is 6.26. The summed E-state index contributed by atoms with van der Waals surface area (Å²) in [6.45, 7) is 2.81. The number of hydrogen-bond donors (Lipinski definition) is 1. The molecule has 0 fully saturated rings. The first-order valence-corrected chi connectivity index (χ1v) is 8.50. The van der Waals surface area contributed by atoms with Gasteiger partial charge in [-0.05, 0) is 36.2 Å². The molecule has 1 aliphatic rings. The number of fused-ring (bicyclic) bond motifs is 1. The van der Waals surface area contributed by atoms with E-state index < -0.39 is 0 Å². The molecule has 0 saturated carbocycles. The number of rotatable bonds is 5. The van der Waals surface area contributed by atoms with E-state index in [2.05, 4.69) is 5.32 Å². The molecule has 3 rings (SSSR count). The van der Waals surface area contributed by atoms with E-state index in [9.17, 15) is 4.79 Å². The van der Waals surface area contributed by atoms with Crippen LogP contribution < -0.4 is 24.3 Å². The third-order valence-corrected chi connectivity index (χ3v) is 4.31. The maximum Gasteiger partial charge on any atom is 0.228 e. The lowest BCUT2D eigenvalue weighted by atomic mass is 10.1. The highest BCUT2D eigenvalue weighted by molar-refractivity contribution is 6.32. The second kappa shape index (κ2) is 7.74. The van der Waals surface area contributed by atoms with Gasteiger partial charge in [0.05, 0.1) is 25.7 Å². The van der Waals surface area contributed by atoms with E-state index in [-0.39, 0.29) is 12.3 Å². The summed E-state index contributed by atoms with van der Waals surface area (Å²) in [6.07, 6.45) is 0.157. The topological polar surface area (TPSA) is 66.0 Å². The highest BCUT2D eigenvalue weighted by atomic mass is 35.5. The van der Waals surface area contributed by atoms with Crippen molar-refractivity contribution in [3.63, 3.8) is 0 Å². The van der Waals surface area contributed by atoms with E-state index in [0.29, 0.717) is 46.9 Å². The van der Waals surface area contributed by atoms with Gasteiger partial charge in [0, 0.05) is 11.8 Å². The van der Waals surface area contributed by atoms with Crippen molar-refractivity contribution in [1.82, 2.24) is 0 Å². The van der Waals surface area contributed by atoms with E-state index >= 15 is 0 Å². The summed E-state index contributed by atoms with van der Waals surface area (Å²) in [5.74, 6) is 2.08. The summed E-state index contributed by atoms with van der Waals surface area (Å²) in [7, 11) is 3.12. The van der Waals surface area contributed by atoms with Gasteiger partial charge < -0.3 is 24.3 Å². The van der Waals surface area contributed by atoms with Gasteiger partial charge in [0.25, 0.3) is 0 Å². The van der Waals surface area contributed by atoms with Crippen LogP contribution >= 0.6 is 11.6 Å². The van der Waals surface area contributed by atoms with Crippen molar-refractivity contribution in [2.75, 3.05) is 32.8 Å². The number of methoxy groups -OCH3 is 2. The number of carbonyl (C=O) groups is 1. The second-order valence-electron chi connectivity index (χ2n) is 5.85. The predicted molar refractivity (Wildman–Crippen MR) is 99.1 cm³/mol. The van der Waals surface area contributed by atoms with Crippen LogP contribution in [-0.2, 0) is 11.2 Å². The molecule has 0 aliphatic carbocycles. The van der Waals surface area contributed by atoms with Crippen LogP contribution in [0, 0.1) is 6.92 Å². The van der Waals surface area contributed by atoms with E-state index in [1.165, 1.54) is 0 Å². The lowest BCUT2D eigenvalue weighted by Crippen LogP contribution is -2.18. The molecule has 1 N–H and O–H groups in total. The number of nitrogens with one attached hydrogen (secondary N) is 1.